The van der Waals surface area contributed by atoms with Crippen LogP contribution < -0.4 is 5.32 Å². The molecular formula is C26H28N2O4S. The predicted molar refractivity (Wildman–Crippen MR) is 130 cm³/mol. The molecule has 0 amide bonds. The van der Waals surface area contributed by atoms with Crippen LogP contribution in [0.5, 0.6) is 0 Å². The molecule has 2 bridgehead atoms. The molecule has 2 atom stereocenters. The van der Waals surface area contributed by atoms with E-state index < -0.39 is 6.04 Å². The summed E-state index contributed by atoms with van der Waals surface area (Å²) in [5, 5.41) is 6.41. The molecule has 0 spiro atoms. The number of carbonyl (C=O) groups excluding carboxylic acids is 2. The Hall–Kier alpha value is -2.90. The molecular weight excluding hydrogens is 436 g/mol. The van der Waals surface area contributed by atoms with Crippen molar-refractivity contribution in [2.24, 2.45) is 5.92 Å². The van der Waals surface area contributed by atoms with Crippen LogP contribution in [0, 0.1) is 5.92 Å². The number of esters is 2. The van der Waals surface area contributed by atoms with Gasteiger partial charge >= 0.3 is 11.9 Å². The molecule has 33 heavy (non-hydrogen) atoms. The molecule has 6 nitrogen and oxygen atoms in total. The highest BCUT2D eigenvalue weighted by molar-refractivity contribution is 7.17. The van der Waals surface area contributed by atoms with E-state index in [9.17, 15) is 9.59 Å². The molecule has 0 saturated carbocycles. The summed E-state index contributed by atoms with van der Waals surface area (Å²) in [6.07, 6.45) is 2.10. The lowest BCUT2D eigenvalue weighted by atomic mass is 9.86. The van der Waals surface area contributed by atoms with E-state index in [1.165, 1.54) is 0 Å². The number of carbonyl (C=O) groups is 2. The minimum absolute atomic E-state index is 0.0694. The zero-order valence-corrected chi connectivity index (χ0v) is 19.5. The van der Waals surface area contributed by atoms with Gasteiger partial charge in [-0.3, -0.25) is 4.90 Å². The number of benzene rings is 2. The zero-order valence-electron chi connectivity index (χ0n) is 18.7. The Morgan fingerprint density at radius 3 is 2.73 bits per heavy atom. The van der Waals surface area contributed by atoms with Gasteiger partial charge in [0.05, 0.1) is 12.2 Å². The molecule has 4 heterocycles. The summed E-state index contributed by atoms with van der Waals surface area (Å²) in [5.41, 5.74) is 2.01. The van der Waals surface area contributed by atoms with E-state index >= 15 is 0 Å². The molecule has 172 valence electrons. The number of anilines is 1. The maximum Gasteiger partial charge on any atom is 0.338 e. The van der Waals surface area contributed by atoms with E-state index in [0.717, 1.165) is 48.1 Å². The molecule has 3 aliphatic rings. The summed E-state index contributed by atoms with van der Waals surface area (Å²) < 4.78 is 12.4. The number of thiophene rings is 1. The van der Waals surface area contributed by atoms with Gasteiger partial charge in [-0.25, -0.2) is 9.59 Å². The minimum atomic E-state index is -0.672. The normalized spacial score (nSPS) is 22.6. The monoisotopic (exact) mass is 464 g/mol. The first kappa shape index (κ1) is 21.9. The van der Waals surface area contributed by atoms with Crippen LogP contribution in [0.4, 0.5) is 5.69 Å². The summed E-state index contributed by atoms with van der Waals surface area (Å²) in [5.74, 6) is -0.224. The second-order valence-electron chi connectivity index (χ2n) is 8.68. The molecule has 2 aromatic carbocycles. The molecule has 3 fully saturated rings. The number of nitrogens with zero attached hydrogens (tertiary/aromatic N) is 1. The topological polar surface area (TPSA) is 67.9 Å². The van der Waals surface area contributed by atoms with Gasteiger partial charge in [-0.2, -0.15) is 0 Å². The summed E-state index contributed by atoms with van der Waals surface area (Å²) in [4.78, 5) is 28.2. The largest absolute Gasteiger partial charge is 0.462 e. The number of rotatable bonds is 7. The molecule has 3 saturated heterocycles. The molecule has 1 unspecified atom stereocenters. The van der Waals surface area contributed by atoms with Gasteiger partial charge in [-0.05, 0) is 73.8 Å². The summed E-state index contributed by atoms with van der Waals surface area (Å²) >= 11 is 1.61. The highest BCUT2D eigenvalue weighted by Gasteiger charge is 2.38. The van der Waals surface area contributed by atoms with Gasteiger partial charge in [0.2, 0.25) is 0 Å². The Morgan fingerprint density at radius 2 is 1.97 bits per heavy atom. The number of hydrogen-bond acceptors (Lipinski definition) is 7. The van der Waals surface area contributed by atoms with Crippen molar-refractivity contribution in [2.45, 2.75) is 31.9 Å². The lowest BCUT2D eigenvalue weighted by Crippen LogP contribution is -2.52. The average Bonchev–Trinajstić information content (AvgIpc) is 3.27. The molecule has 3 aliphatic heterocycles. The van der Waals surface area contributed by atoms with Crippen LogP contribution in [0.3, 0.4) is 0 Å². The van der Waals surface area contributed by atoms with Gasteiger partial charge in [0.1, 0.15) is 6.10 Å². The van der Waals surface area contributed by atoms with E-state index in [4.69, 9.17) is 9.47 Å². The van der Waals surface area contributed by atoms with Crippen molar-refractivity contribution in [1.29, 1.82) is 0 Å². The van der Waals surface area contributed by atoms with Crippen molar-refractivity contribution in [3.63, 3.8) is 0 Å². The molecule has 0 radical (unpaired) electrons. The van der Waals surface area contributed by atoms with Gasteiger partial charge in [0.25, 0.3) is 0 Å². The van der Waals surface area contributed by atoms with Crippen molar-refractivity contribution in [3.8, 4) is 0 Å². The quantitative estimate of drug-likeness (QED) is 0.503. The third-order valence-corrected chi connectivity index (χ3v) is 7.59. The Bertz CT molecular complexity index is 1150. The zero-order chi connectivity index (χ0) is 22.8. The maximum atomic E-state index is 13.6. The SMILES string of the molecule is CCOC(=O)c1cccc(NC(C(=O)O[C@H]2CN3CCC2CC3)c2csc3ccccc23)c1. The number of hydrogen-bond donors (Lipinski definition) is 1. The fourth-order valence-electron chi connectivity index (χ4n) is 4.86. The van der Waals surface area contributed by atoms with Gasteiger partial charge in [0.15, 0.2) is 6.04 Å². The Balaban J connectivity index is 1.44. The Labute approximate surface area is 197 Å². The average molecular weight is 465 g/mol. The maximum absolute atomic E-state index is 13.6. The van der Waals surface area contributed by atoms with E-state index in [1.54, 1.807) is 36.5 Å². The van der Waals surface area contributed by atoms with Gasteiger partial charge in [-0.1, -0.05) is 24.3 Å². The van der Waals surface area contributed by atoms with Gasteiger partial charge in [0, 0.05) is 22.5 Å². The van der Waals surface area contributed by atoms with Crippen LogP contribution in [0.25, 0.3) is 10.1 Å². The second-order valence-corrected chi connectivity index (χ2v) is 9.59. The molecule has 0 aliphatic carbocycles. The predicted octanol–water partition coefficient (Wildman–Crippen LogP) is 4.87. The van der Waals surface area contributed by atoms with E-state index in [-0.39, 0.29) is 18.0 Å². The number of piperidine rings is 3. The summed E-state index contributed by atoms with van der Waals surface area (Å²) in [6, 6.07) is 14.5. The first-order chi connectivity index (χ1) is 16.1. The molecule has 7 heteroatoms. The Kier molecular flexibility index (Phi) is 6.33. The fraction of sp³-hybridized carbons (Fsp3) is 0.385. The van der Waals surface area contributed by atoms with Gasteiger partial charge in [-0.15, -0.1) is 11.3 Å². The van der Waals surface area contributed by atoms with Gasteiger partial charge < -0.3 is 14.8 Å². The third-order valence-electron chi connectivity index (χ3n) is 6.61. The standard InChI is InChI=1S/C26H28N2O4S/c1-2-31-25(29)18-6-5-7-19(14-18)27-24(21-16-33-23-9-4-3-8-20(21)23)26(30)32-22-15-28-12-10-17(22)11-13-28/h3-9,14,16-17,22,24,27H,2,10-13,15H2,1H3/t22-,24?/m0/s1. The van der Waals surface area contributed by atoms with Crippen molar-refractivity contribution >= 4 is 39.0 Å². The number of fused-ring (bicyclic) bond motifs is 4. The first-order valence-electron chi connectivity index (χ1n) is 11.5. The van der Waals surface area contributed by atoms with Crippen LogP contribution in [-0.2, 0) is 14.3 Å². The van der Waals surface area contributed by atoms with E-state index in [1.807, 2.05) is 29.6 Å². The van der Waals surface area contributed by atoms with E-state index in [2.05, 4.69) is 16.3 Å². The molecule has 1 N–H and O–H groups in total. The van der Waals surface area contributed by atoms with Crippen LogP contribution in [0.2, 0.25) is 0 Å². The van der Waals surface area contributed by atoms with Crippen LogP contribution in [0.1, 0.15) is 41.7 Å². The second kappa shape index (κ2) is 9.53. The van der Waals surface area contributed by atoms with E-state index in [0.29, 0.717) is 23.8 Å². The Morgan fingerprint density at radius 1 is 1.15 bits per heavy atom. The van der Waals surface area contributed by atoms with Crippen molar-refractivity contribution in [1.82, 2.24) is 4.90 Å². The summed E-state index contributed by atoms with van der Waals surface area (Å²) in [7, 11) is 0. The van der Waals surface area contributed by atoms with Crippen LogP contribution >= 0.6 is 11.3 Å². The smallest absolute Gasteiger partial charge is 0.338 e. The van der Waals surface area contributed by atoms with Crippen molar-refractivity contribution < 1.29 is 19.1 Å². The number of nitrogens with one attached hydrogen (secondary N) is 1. The minimum Gasteiger partial charge on any atom is -0.462 e. The summed E-state index contributed by atoms with van der Waals surface area (Å²) in [6.45, 7) is 5.09. The number of ether oxygens (including phenoxy) is 2. The van der Waals surface area contributed by atoms with Crippen LogP contribution in [-0.4, -0.2) is 49.2 Å². The van der Waals surface area contributed by atoms with Crippen molar-refractivity contribution in [3.05, 3.63) is 65.0 Å². The van der Waals surface area contributed by atoms with Crippen molar-refractivity contribution in [2.75, 3.05) is 31.6 Å². The molecule has 3 aromatic rings. The molecule has 6 rings (SSSR count). The highest BCUT2D eigenvalue weighted by Crippen LogP contribution is 2.35. The lowest BCUT2D eigenvalue weighted by Gasteiger charge is -2.44. The first-order valence-corrected chi connectivity index (χ1v) is 12.4. The lowest BCUT2D eigenvalue weighted by molar-refractivity contribution is -0.159. The molecule has 1 aromatic heterocycles. The third kappa shape index (κ3) is 4.61. The fourth-order valence-corrected chi connectivity index (χ4v) is 5.85. The highest BCUT2D eigenvalue weighted by atomic mass is 32.1. The van der Waals surface area contributed by atoms with Crippen LogP contribution in [0.15, 0.2) is 53.9 Å².